The highest BCUT2D eigenvalue weighted by atomic mass is 28.3. The molecule has 2 atom stereocenters. The van der Waals surface area contributed by atoms with E-state index in [4.69, 9.17) is 0 Å². The largest absolute Gasteiger partial charge is 0.0693 e. The Hall–Kier alpha value is 0.217. The van der Waals surface area contributed by atoms with Gasteiger partial charge in [-0.1, -0.05) is 104 Å². The van der Waals surface area contributed by atoms with Crippen molar-refractivity contribution >= 4 is 8.07 Å². The lowest BCUT2D eigenvalue weighted by Gasteiger charge is -2.31. The zero-order chi connectivity index (χ0) is 14.7. The average molecular weight is 285 g/mol. The van der Waals surface area contributed by atoms with Crippen LogP contribution in [0, 0.1) is 11.8 Å². The molecular formula is C18H40Si. The molecule has 0 heterocycles. The normalized spacial score (nSPS) is 15.5. The van der Waals surface area contributed by atoms with Crippen LogP contribution < -0.4 is 0 Å². The van der Waals surface area contributed by atoms with E-state index in [1.807, 2.05) is 0 Å². The number of unbranched alkanes of at least 4 members (excludes halogenated alkanes) is 2. The molecule has 0 spiro atoms. The minimum atomic E-state index is -0.971. The maximum absolute atomic E-state index is 2.65. The smallest absolute Gasteiger partial charge is 0.0479 e. The van der Waals surface area contributed by atoms with Gasteiger partial charge < -0.3 is 0 Å². The minimum absolute atomic E-state index is 0.971. The Morgan fingerprint density at radius 1 is 0.684 bits per heavy atom. The zero-order valence-corrected chi connectivity index (χ0v) is 15.7. The van der Waals surface area contributed by atoms with Crippen LogP contribution in [-0.4, -0.2) is 8.07 Å². The van der Waals surface area contributed by atoms with Gasteiger partial charge in [0.2, 0.25) is 0 Å². The molecule has 19 heavy (non-hydrogen) atoms. The second-order valence-corrected chi connectivity index (χ2v) is 12.6. The fourth-order valence-electron chi connectivity index (χ4n) is 3.53. The van der Waals surface area contributed by atoms with Crippen LogP contribution in [-0.2, 0) is 0 Å². The molecule has 0 rings (SSSR count). The van der Waals surface area contributed by atoms with E-state index < -0.39 is 8.07 Å². The van der Waals surface area contributed by atoms with Crippen LogP contribution in [0.15, 0.2) is 0 Å². The SMILES string of the molecule is CCCCC(CC)C[Si](C)(C)CC(CC)CCCC. The second kappa shape index (κ2) is 10.9. The quantitative estimate of drug-likeness (QED) is 0.334. The van der Waals surface area contributed by atoms with Crippen LogP contribution >= 0.6 is 0 Å². The van der Waals surface area contributed by atoms with Gasteiger partial charge in [-0.05, 0) is 11.8 Å². The molecule has 0 aliphatic carbocycles. The molecule has 0 aromatic rings. The van der Waals surface area contributed by atoms with Crippen molar-refractivity contribution in [2.75, 3.05) is 0 Å². The predicted molar refractivity (Wildman–Crippen MR) is 93.7 cm³/mol. The highest BCUT2D eigenvalue weighted by molar-refractivity contribution is 6.77. The average Bonchev–Trinajstić information content (AvgIpc) is 2.39. The molecule has 0 fully saturated rings. The Morgan fingerprint density at radius 3 is 1.32 bits per heavy atom. The van der Waals surface area contributed by atoms with Gasteiger partial charge >= 0.3 is 0 Å². The van der Waals surface area contributed by atoms with Crippen LogP contribution in [0.2, 0.25) is 25.2 Å². The summed E-state index contributed by atoms with van der Waals surface area (Å²) in [6.45, 7) is 14.8. The molecule has 0 aliphatic heterocycles. The van der Waals surface area contributed by atoms with Crippen molar-refractivity contribution in [2.24, 2.45) is 11.8 Å². The summed E-state index contributed by atoms with van der Waals surface area (Å²) in [6.07, 6.45) is 11.4. The van der Waals surface area contributed by atoms with E-state index in [2.05, 4.69) is 40.8 Å². The van der Waals surface area contributed by atoms with Gasteiger partial charge in [-0.2, -0.15) is 0 Å². The van der Waals surface area contributed by atoms with Gasteiger partial charge in [-0.3, -0.25) is 0 Å². The van der Waals surface area contributed by atoms with Gasteiger partial charge in [0.1, 0.15) is 0 Å². The molecule has 0 saturated carbocycles. The Kier molecular flexibility index (Phi) is 11.1. The summed E-state index contributed by atoms with van der Waals surface area (Å²) in [5, 5.41) is 0. The lowest BCUT2D eigenvalue weighted by Crippen LogP contribution is -2.31. The Bertz CT molecular complexity index is 178. The van der Waals surface area contributed by atoms with Gasteiger partial charge in [0.05, 0.1) is 0 Å². The molecule has 1 heteroatoms. The first-order valence-corrected chi connectivity index (χ1v) is 12.4. The number of hydrogen-bond donors (Lipinski definition) is 0. The summed E-state index contributed by atoms with van der Waals surface area (Å²) >= 11 is 0. The van der Waals surface area contributed by atoms with Crippen molar-refractivity contribution in [1.82, 2.24) is 0 Å². The van der Waals surface area contributed by atoms with Gasteiger partial charge in [0.25, 0.3) is 0 Å². The van der Waals surface area contributed by atoms with Crippen molar-refractivity contribution in [3.8, 4) is 0 Å². The minimum Gasteiger partial charge on any atom is -0.0693 e. The topological polar surface area (TPSA) is 0 Å². The lowest BCUT2D eigenvalue weighted by atomic mass is 10.0. The molecule has 0 nitrogen and oxygen atoms in total. The van der Waals surface area contributed by atoms with Gasteiger partial charge in [-0.25, -0.2) is 0 Å². The molecule has 116 valence electrons. The van der Waals surface area contributed by atoms with E-state index in [0.29, 0.717) is 0 Å². The molecule has 0 aromatic carbocycles. The maximum Gasteiger partial charge on any atom is 0.0479 e. The molecule has 0 saturated heterocycles. The highest BCUT2D eigenvalue weighted by Gasteiger charge is 2.27. The van der Waals surface area contributed by atoms with Gasteiger partial charge in [0.15, 0.2) is 0 Å². The highest BCUT2D eigenvalue weighted by Crippen LogP contribution is 2.32. The van der Waals surface area contributed by atoms with E-state index in [9.17, 15) is 0 Å². The third-order valence-electron chi connectivity index (χ3n) is 4.77. The second-order valence-electron chi connectivity index (χ2n) is 7.41. The van der Waals surface area contributed by atoms with Crippen LogP contribution in [0.4, 0.5) is 0 Å². The van der Waals surface area contributed by atoms with Crippen LogP contribution in [0.25, 0.3) is 0 Å². The molecule has 0 amide bonds. The Labute approximate surface area is 124 Å². The van der Waals surface area contributed by atoms with Crippen LogP contribution in [0.1, 0.15) is 79.1 Å². The Balaban J connectivity index is 4.24. The van der Waals surface area contributed by atoms with Gasteiger partial charge in [-0.15, -0.1) is 0 Å². The summed E-state index contributed by atoms with van der Waals surface area (Å²) in [4.78, 5) is 0. The van der Waals surface area contributed by atoms with E-state index >= 15 is 0 Å². The molecule has 0 aliphatic rings. The third kappa shape index (κ3) is 9.71. The van der Waals surface area contributed by atoms with Crippen molar-refractivity contribution in [2.45, 2.75) is 104 Å². The summed E-state index contributed by atoms with van der Waals surface area (Å²) in [5.74, 6) is 2.04. The zero-order valence-electron chi connectivity index (χ0n) is 14.7. The molecule has 0 bridgehead atoms. The van der Waals surface area contributed by atoms with E-state index in [-0.39, 0.29) is 0 Å². The fourth-order valence-corrected chi connectivity index (χ4v) is 7.81. The molecule has 0 N–H and O–H groups in total. The van der Waals surface area contributed by atoms with Crippen molar-refractivity contribution in [1.29, 1.82) is 0 Å². The summed E-state index contributed by atoms with van der Waals surface area (Å²) in [5.41, 5.74) is 0. The molecular weight excluding hydrogens is 244 g/mol. The van der Waals surface area contributed by atoms with Crippen LogP contribution in [0.3, 0.4) is 0 Å². The Morgan fingerprint density at radius 2 is 1.05 bits per heavy atom. The van der Waals surface area contributed by atoms with E-state index in [0.717, 1.165) is 11.8 Å². The lowest BCUT2D eigenvalue weighted by molar-refractivity contribution is 0.466. The summed E-state index contributed by atoms with van der Waals surface area (Å²) in [7, 11) is -0.971. The summed E-state index contributed by atoms with van der Waals surface area (Å²) in [6, 6.07) is 3.15. The molecule has 2 unspecified atom stereocenters. The first kappa shape index (κ1) is 19.2. The monoisotopic (exact) mass is 284 g/mol. The predicted octanol–water partition coefficient (Wildman–Crippen LogP) is 7.13. The number of hydrogen-bond acceptors (Lipinski definition) is 0. The van der Waals surface area contributed by atoms with Crippen LogP contribution in [0.5, 0.6) is 0 Å². The van der Waals surface area contributed by atoms with Gasteiger partial charge in [0, 0.05) is 8.07 Å². The van der Waals surface area contributed by atoms with E-state index in [1.54, 1.807) is 12.1 Å². The first-order chi connectivity index (χ1) is 8.99. The molecule has 0 radical (unpaired) electrons. The van der Waals surface area contributed by atoms with E-state index in [1.165, 1.54) is 51.4 Å². The fraction of sp³-hybridized carbons (Fsp3) is 1.00. The number of rotatable bonds is 12. The first-order valence-electron chi connectivity index (χ1n) is 8.99. The van der Waals surface area contributed by atoms with Crippen molar-refractivity contribution in [3.63, 3.8) is 0 Å². The van der Waals surface area contributed by atoms with Crippen molar-refractivity contribution in [3.05, 3.63) is 0 Å². The standard InChI is InChI=1S/C18H40Si/c1-7-11-13-17(9-3)15-19(5,6)16-18(10-4)14-12-8-2/h17-18H,7-16H2,1-6H3. The van der Waals surface area contributed by atoms with Crippen molar-refractivity contribution < 1.29 is 0 Å². The summed E-state index contributed by atoms with van der Waals surface area (Å²) < 4.78 is 0. The third-order valence-corrected chi connectivity index (χ3v) is 8.13. The maximum atomic E-state index is 2.65. The molecule has 0 aromatic heterocycles.